The first-order valence-corrected chi connectivity index (χ1v) is 6.41. The maximum Gasteiger partial charge on any atom is 0.296 e. The third-order valence-corrected chi connectivity index (χ3v) is 3.16. The third kappa shape index (κ3) is 3.31. The Hall–Kier alpha value is -2.57. The van der Waals surface area contributed by atoms with E-state index in [1.165, 1.54) is 18.2 Å². The minimum atomic E-state index is -0.575. The van der Waals surface area contributed by atoms with Crippen LogP contribution in [0.3, 0.4) is 0 Å². The number of aliphatic hydroxyl groups is 1. The van der Waals surface area contributed by atoms with Gasteiger partial charge in [-0.1, -0.05) is 26.0 Å². The molecular weight excluding hydrogens is 274 g/mol. The molecule has 1 aromatic rings. The summed E-state index contributed by atoms with van der Waals surface area (Å²) < 4.78 is 0. The number of carbonyl (C=O) groups excluding carboxylic acids is 1. The molecule has 0 spiro atoms. The fourth-order valence-electron chi connectivity index (χ4n) is 2.20. The highest BCUT2D eigenvalue weighted by molar-refractivity contribution is 5.96. The Morgan fingerprint density at radius 2 is 1.90 bits per heavy atom. The van der Waals surface area contributed by atoms with Crippen LogP contribution in [-0.2, 0) is 4.79 Å². The largest absolute Gasteiger partial charge is 0.510 e. The van der Waals surface area contributed by atoms with Crippen LogP contribution in [0.1, 0.15) is 26.7 Å². The molecule has 0 aromatic heterocycles. The van der Waals surface area contributed by atoms with Gasteiger partial charge in [-0.25, -0.2) is 0 Å². The summed E-state index contributed by atoms with van der Waals surface area (Å²) in [7, 11) is 0. The second kappa shape index (κ2) is 5.43. The quantitative estimate of drug-likeness (QED) is 0.518. The Kier molecular flexibility index (Phi) is 3.84. The van der Waals surface area contributed by atoms with E-state index in [1.807, 2.05) is 13.8 Å². The number of benzene rings is 1. The van der Waals surface area contributed by atoms with Crippen LogP contribution in [0.2, 0.25) is 0 Å². The van der Waals surface area contributed by atoms with Gasteiger partial charge in [0, 0.05) is 18.9 Å². The predicted octanol–water partition coefficient (Wildman–Crippen LogP) is 3.84. The van der Waals surface area contributed by atoms with Gasteiger partial charge in [0.25, 0.3) is 5.69 Å². The number of nitrogens with zero attached hydrogens (tertiary/aromatic N) is 3. The van der Waals surface area contributed by atoms with Gasteiger partial charge in [0.15, 0.2) is 17.2 Å². The normalized spacial score (nSPS) is 18.3. The van der Waals surface area contributed by atoms with E-state index < -0.39 is 4.92 Å². The number of allylic oxidation sites excluding steroid dienone is 2. The highest BCUT2D eigenvalue weighted by Crippen LogP contribution is 2.37. The molecule has 7 heteroatoms. The molecule has 1 aromatic carbocycles. The molecule has 110 valence electrons. The molecule has 7 nitrogen and oxygen atoms in total. The van der Waals surface area contributed by atoms with E-state index in [0.717, 1.165) is 0 Å². The Morgan fingerprint density at radius 1 is 1.24 bits per heavy atom. The van der Waals surface area contributed by atoms with Crippen molar-refractivity contribution in [2.75, 3.05) is 0 Å². The highest BCUT2D eigenvalue weighted by atomic mass is 16.6. The van der Waals surface area contributed by atoms with Gasteiger partial charge < -0.3 is 5.11 Å². The van der Waals surface area contributed by atoms with Crippen molar-refractivity contribution in [1.29, 1.82) is 0 Å². The third-order valence-electron chi connectivity index (χ3n) is 3.16. The molecule has 1 aliphatic rings. The lowest BCUT2D eigenvalue weighted by molar-refractivity contribution is -0.384. The second-order valence-corrected chi connectivity index (χ2v) is 5.68. The Labute approximate surface area is 121 Å². The molecule has 0 radical (unpaired) electrons. The van der Waals surface area contributed by atoms with Crippen molar-refractivity contribution in [2.45, 2.75) is 26.7 Å². The molecule has 1 N–H and O–H groups in total. The zero-order chi connectivity index (χ0) is 15.6. The van der Waals surface area contributed by atoms with Crippen LogP contribution in [0.25, 0.3) is 0 Å². The Balaban J connectivity index is 2.34. The molecule has 0 amide bonds. The topological polar surface area (TPSA) is 105 Å². The molecule has 2 rings (SSSR count). The lowest BCUT2D eigenvalue weighted by Crippen LogP contribution is -2.25. The number of nitro groups is 1. The first kappa shape index (κ1) is 14.8. The number of ketones is 1. The zero-order valence-electron chi connectivity index (χ0n) is 11.7. The van der Waals surface area contributed by atoms with Gasteiger partial charge in [-0.15, -0.1) is 10.2 Å². The van der Waals surface area contributed by atoms with Crippen LogP contribution in [-0.4, -0.2) is 15.8 Å². The Bertz CT molecular complexity index is 662. The van der Waals surface area contributed by atoms with Gasteiger partial charge >= 0.3 is 0 Å². The van der Waals surface area contributed by atoms with E-state index >= 15 is 0 Å². The molecule has 21 heavy (non-hydrogen) atoms. The van der Waals surface area contributed by atoms with E-state index in [4.69, 9.17) is 0 Å². The number of para-hydroxylation sites is 1. The number of Topliss-reactive ketones (excluding diaryl/α,β-unsaturated/α-hetero) is 1. The number of nitro benzene ring substituents is 1. The van der Waals surface area contributed by atoms with Gasteiger partial charge in [-0.3, -0.25) is 14.9 Å². The maximum absolute atomic E-state index is 12.0. The van der Waals surface area contributed by atoms with Gasteiger partial charge in [-0.05, 0) is 11.5 Å². The van der Waals surface area contributed by atoms with Gasteiger partial charge in [0.05, 0.1) is 4.92 Å². The van der Waals surface area contributed by atoms with Crippen molar-refractivity contribution < 1.29 is 14.8 Å². The lowest BCUT2D eigenvalue weighted by atomic mass is 9.78. The lowest BCUT2D eigenvalue weighted by Gasteiger charge is -2.27. The summed E-state index contributed by atoms with van der Waals surface area (Å²) in [5.74, 6) is -0.440. The summed E-state index contributed by atoms with van der Waals surface area (Å²) in [6, 6.07) is 5.83. The average Bonchev–Trinajstić information content (AvgIpc) is 2.36. The summed E-state index contributed by atoms with van der Waals surface area (Å²) in [5.41, 5.74) is -0.600. The van der Waals surface area contributed by atoms with Crippen LogP contribution in [0.5, 0.6) is 0 Å². The molecule has 1 aliphatic carbocycles. The monoisotopic (exact) mass is 289 g/mol. The molecule has 0 unspecified atom stereocenters. The van der Waals surface area contributed by atoms with E-state index in [9.17, 15) is 20.0 Å². The number of hydrogen-bond donors (Lipinski definition) is 1. The number of azo groups is 1. The van der Waals surface area contributed by atoms with Crippen LogP contribution < -0.4 is 0 Å². The van der Waals surface area contributed by atoms with Crippen molar-refractivity contribution in [2.24, 2.45) is 15.6 Å². The standard InChI is InChI=1S/C14H15N3O4/c1-14(2)7-11(18)13(12(19)8-14)16-15-9-5-3-4-6-10(9)17(20)21/h3-6,18H,7-8H2,1-2H3. The minimum Gasteiger partial charge on any atom is -0.510 e. The molecule has 0 heterocycles. The Morgan fingerprint density at radius 3 is 2.52 bits per heavy atom. The summed E-state index contributed by atoms with van der Waals surface area (Å²) in [5, 5.41) is 28.2. The first-order chi connectivity index (χ1) is 9.80. The second-order valence-electron chi connectivity index (χ2n) is 5.68. The molecule has 0 aliphatic heterocycles. The average molecular weight is 289 g/mol. The van der Waals surface area contributed by atoms with Crippen molar-refractivity contribution in [3.8, 4) is 0 Å². The first-order valence-electron chi connectivity index (χ1n) is 6.41. The zero-order valence-corrected chi connectivity index (χ0v) is 11.7. The van der Waals surface area contributed by atoms with Crippen molar-refractivity contribution in [3.05, 3.63) is 45.8 Å². The molecule has 0 atom stereocenters. The summed E-state index contributed by atoms with van der Waals surface area (Å²) in [6.45, 7) is 3.74. The fourth-order valence-corrected chi connectivity index (χ4v) is 2.20. The predicted molar refractivity (Wildman–Crippen MR) is 75.3 cm³/mol. The van der Waals surface area contributed by atoms with Gasteiger partial charge in [0.1, 0.15) is 5.76 Å². The SMILES string of the molecule is CC1(C)CC(=O)C(N=Nc2ccccc2[N+](=O)[O-])=C(O)C1. The number of hydrogen-bond acceptors (Lipinski definition) is 6. The highest BCUT2D eigenvalue weighted by Gasteiger charge is 2.33. The molecule has 0 saturated heterocycles. The van der Waals surface area contributed by atoms with Crippen molar-refractivity contribution in [1.82, 2.24) is 0 Å². The van der Waals surface area contributed by atoms with Crippen LogP contribution in [0, 0.1) is 15.5 Å². The number of carbonyl (C=O) groups is 1. The fraction of sp³-hybridized carbons (Fsp3) is 0.357. The smallest absolute Gasteiger partial charge is 0.296 e. The minimum absolute atomic E-state index is 0.0421. The van der Waals surface area contributed by atoms with Crippen LogP contribution in [0.15, 0.2) is 46.0 Å². The van der Waals surface area contributed by atoms with E-state index in [1.54, 1.807) is 6.07 Å². The summed E-state index contributed by atoms with van der Waals surface area (Å²) in [4.78, 5) is 22.2. The molecule has 0 saturated carbocycles. The van der Waals surface area contributed by atoms with Crippen LogP contribution in [0.4, 0.5) is 11.4 Å². The summed E-state index contributed by atoms with van der Waals surface area (Å²) in [6.07, 6.45) is 0.576. The maximum atomic E-state index is 12.0. The van der Waals surface area contributed by atoms with E-state index in [0.29, 0.717) is 6.42 Å². The molecular formula is C14H15N3O4. The van der Waals surface area contributed by atoms with E-state index in [2.05, 4.69) is 10.2 Å². The van der Waals surface area contributed by atoms with Gasteiger partial charge in [-0.2, -0.15) is 0 Å². The molecule has 0 bridgehead atoms. The van der Waals surface area contributed by atoms with E-state index in [-0.39, 0.29) is 40.5 Å². The summed E-state index contributed by atoms with van der Waals surface area (Å²) >= 11 is 0. The number of aliphatic hydroxyl groups excluding tert-OH is 1. The number of rotatable bonds is 3. The van der Waals surface area contributed by atoms with Crippen molar-refractivity contribution >= 4 is 17.2 Å². The van der Waals surface area contributed by atoms with Gasteiger partial charge in [0.2, 0.25) is 0 Å². The van der Waals surface area contributed by atoms with Crippen molar-refractivity contribution in [3.63, 3.8) is 0 Å². The van der Waals surface area contributed by atoms with Crippen LogP contribution >= 0.6 is 0 Å². The molecule has 0 fully saturated rings.